The molecule has 1 atom stereocenters. The Labute approximate surface area is 206 Å². The number of rotatable bonds is 4. The highest BCUT2D eigenvalue weighted by Crippen LogP contribution is 2.31. The van der Waals surface area contributed by atoms with Crippen LogP contribution in [-0.4, -0.2) is 58.6 Å². The Morgan fingerprint density at radius 1 is 1.03 bits per heavy atom. The third kappa shape index (κ3) is 5.07. The number of benzene rings is 2. The normalized spacial score (nSPS) is 19.7. The first-order chi connectivity index (χ1) is 17.0. The highest BCUT2D eigenvalue weighted by Gasteiger charge is 2.33. The molecule has 9 nitrogen and oxygen atoms in total. The lowest BCUT2D eigenvalue weighted by atomic mass is 10.1. The van der Waals surface area contributed by atoms with Crippen molar-refractivity contribution in [1.82, 2.24) is 4.90 Å². The summed E-state index contributed by atoms with van der Waals surface area (Å²) in [5, 5.41) is 5.77. The van der Waals surface area contributed by atoms with Gasteiger partial charge in [-0.05, 0) is 55.7 Å². The van der Waals surface area contributed by atoms with E-state index in [9.17, 15) is 19.2 Å². The summed E-state index contributed by atoms with van der Waals surface area (Å²) in [4.78, 5) is 57.7. The Bertz CT molecular complexity index is 1210. The topological polar surface area (TPSA) is 111 Å². The lowest BCUT2D eigenvalue weighted by molar-refractivity contribution is -0.121. The minimum Gasteiger partial charge on any atom is -0.351 e. The molecule has 180 valence electrons. The summed E-state index contributed by atoms with van der Waals surface area (Å²) in [7, 11) is 0. The third-order valence-electron chi connectivity index (χ3n) is 6.16. The molecule has 0 saturated carbocycles. The predicted octanol–water partition coefficient (Wildman–Crippen LogP) is 3.10. The molecule has 0 aromatic heterocycles. The lowest BCUT2D eigenvalue weighted by Gasteiger charge is -2.29. The van der Waals surface area contributed by atoms with Crippen LogP contribution in [0.5, 0.6) is 0 Å². The molecule has 0 spiro atoms. The van der Waals surface area contributed by atoms with Crippen LogP contribution in [0, 0.1) is 0 Å². The van der Waals surface area contributed by atoms with Gasteiger partial charge in [-0.25, -0.2) is 0 Å². The Hall–Kier alpha value is -3.66. The molecule has 2 aromatic carbocycles. The van der Waals surface area contributed by atoms with Crippen molar-refractivity contribution >= 4 is 57.6 Å². The number of carbonyl (C=O) groups excluding carboxylic acids is 4. The number of piperidine rings is 1. The molecule has 3 heterocycles. The highest BCUT2D eigenvalue weighted by atomic mass is 32.2. The number of fused-ring (bicyclic) bond motifs is 1. The van der Waals surface area contributed by atoms with E-state index in [1.54, 1.807) is 42.5 Å². The maximum atomic E-state index is 13.1. The molecule has 1 saturated heterocycles. The molecule has 2 aromatic rings. The van der Waals surface area contributed by atoms with Crippen molar-refractivity contribution in [1.29, 1.82) is 0 Å². The molecule has 1 fully saturated rings. The van der Waals surface area contributed by atoms with Crippen molar-refractivity contribution in [3.8, 4) is 0 Å². The summed E-state index contributed by atoms with van der Waals surface area (Å²) < 4.78 is 0. The second-order valence-electron chi connectivity index (χ2n) is 8.67. The number of nitrogens with one attached hydrogen (secondary N) is 2. The summed E-state index contributed by atoms with van der Waals surface area (Å²) in [6.07, 6.45) is 3.41. The van der Waals surface area contributed by atoms with Crippen LogP contribution in [0.15, 0.2) is 53.5 Å². The van der Waals surface area contributed by atoms with Crippen LogP contribution in [-0.2, 0) is 14.4 Å². The first kappa shape index (κ1) is 23.1. The van der Waals surface area contributed by atoms with E-state index >= 15 is 0 Å². The molecule has 3 aliphatic heterocycles. The standard InChI is InChI=1S/C25H25N5O4S/c31-21(14-20-23(33)28-25(35-20)29-12-4-1-5-13-29)26-17-10-8-16(9-11-17)24(34)30-15-22(32)27-18-6-2-3-7-19(18)30/h2-3,6-11,20H,1,4-5,12-15H2,(H,26,31)(H,27,32). The van der Waals surface area contributed by atoms with Gasteiger partial charge in [0.2, 0.25) is 11.8 Å². The summed E-state index contributed by atoms with van der Waals surface area (Å²) in [6, 6.07) is 13.6. The van der Waals surface area contributed by atoms with Crippen LogP contribution < -0.4 is 15.5 Å². The van der Waals surface area contributed by atoms with Crippen molar-refractivity contribution in [3.05, 3.63) is 54.1 Å². The minimum absolute atomic E-state index is 0.0324. The Morgan fingerprint density at radius 2 is 1.77 bits per heavy atom. The zero-order valence-corrected chi connectivity index (χ0v) is 19.8. The van der Waals surface area contributed by atoms with E-state index in [4.69, 9.17) is 0 Å². The number of amidine groups is 1. The number of likely N-dealkylation sites (tertiary alicyclic amines) is 1. The smallest absolute Gasteiger partial charge is 0.262 e. The van der Waals surface area contributed by atoms with E-state index in [1.807, 2.05) is 6.07 Å². The summed E-state index contributed by atoms with van der Waals surface area (Å²) >= 11 is 1.36. The Kier molecular flexibility index (Phi) is 6.54. The van der Waals surface area contributed by atoms with Crippen LogP contribution in [0.1, 0.15) is 36.0 Å². The van der Waals surface area contributed by atoms with Crippen LogP contribution in [0.3, 0.4) is 0 Å². The van der Waals surface area contributed by atoms with Gasteiger partial charge in [0.15, 0.2) is 5.17 Å². The van der Waals surface area contributed by atoms with Crippen LogP contribution in [0.25, 0.3) is 0 Å². The summed E-state index contributed by atoms with van der Waals surface area (Å²) in [6.45, 7) is 1.73. The third-order valence-corrected chi connectivity index (χ3v) is 7.37. The average molecular weight is 492 g/mol. The zero-order chi connectivity index (χ0) is 24.4. The highest BCUT2D eigenvalue weighted by molar-refractivity contribution is 8.15. The van der Waals surface area contributed by atoms with Gasteiger partial charge < -0.3 is 15.5 Å². The maximum Gasteiger partial charge on any atom is 0.262 e. The largest absolute Gasteiger partial charge is 0.351 e. The van der Waals surface area contributed by atoms with Gasteiger partial charge in [-0.3, -0.25) is 24.1 Å². The number of nitrogens with zero attached hydrogens (tertiary/aromatic N) is 3. The van der Waals surface area contributed by atoms with Crippen LogP contribution >= 0.6 is 11.8 Å². The van der Waals surface area contributed by atoms with E-state index in [2.05, 4.69) is 20.5 Å². The number of amides is 4. The van der Waals surface area contributed by atoms with Crippen molar-refractivity contribution in [3.63, 3.8) is 0 Å². The Balaban J connectivity index is 1.18. The van der Waals surface area contributed by atoms with Crippen molar-refractivity contribution in [2.45, 2.75) is 30.9 Å². The quantitative estimate of drug-likeness (QED) is 0.680. The van der Waals surface area contributed by atoms with E-state index in [0.717, 1.165) is 31.1 Å². The fraction of sp³-hybridized carbons (Fsp3) is 0.320. The number of hydrogen-bond donors (Lipinski definition) is 2. The molecule has 0 bridgehead atoms. The monoisotopic (exact) mass is 491 g/mol. The van der Waals surface area contributed by atoms with Crippen molar-refractivity contribution in [2.24, 2.45) is 4.99 Å². The van der Waals surface area contributed by atoms with Gasteiger partial charge in [-0.1, -0.05) is 23.9 Å². The molecular weight excluding hydrogens is 466 g/mol. The van der Waals surface area contributed by atoms with Gasteiger partial charge in [0.05, 0.1) is 11.4 Å². The van der Waals surface area contributed by atoms with E-state index < -0.39 is 5.25 Å². The number of carbonyl (C=O) groups is 4. The zero-order valence-electron chi connectivity index (χ0n) is 19.0. The summed E-state index contributed by atoms with van der Waals surface area (Å²) in [5.41, 5.74) is 2.15. The molecule has 35 heavy (non-hydrogen) atoms. The van der Waals surface area contributed by atoms with E-state index in [0.29, 0.717) is 22.6 Å². The first-order valence-electron chi connectivity index (χ1n) is 11.6. The molecule has 2 N–H and O–H groups in total. The molecule has 3 aliphatic rings. The van der Waals surface area contributed by atoms with E-state index in [-0.39, 0.29) is 36.6 Å². The second kappa shape index (κ2) is 9.91. The molecule has 5 rings (SSSR count). The van der Waals surface area contributed by atoms with Gasteiger partial charge in [0.25, 0.3) is 11.8 Å². The number of thioether (sulfide) groups is 1. The molecule has 0 radical (unpaired) electrons. The molecule has 1 unspecified atom stereocenters. The van der Waals surface area contributed by atoms with Crippen molar-refractivity contribution in [2.75, 3.05) is 35.2 Å². The molecule has 4 amide bonds. The van der Waals surface area contributed by atoms with Gasteiger partial charge in [-0.15, -0.1) is 0 Å². The Morgan fingerprint density at radius 3 is 2.54 bits per heavy atom. The van der Waals surface area contributed by atoms with Gasteiger partial charge in [-0.2, -0.15) is 4.99 Å². The fourth-order valence-corrected chi connectivity index (χ4v) is 5.49. The van der Waals surface area contributed by atoms with E-state index in [1.165, 1.54) is 23.1 Å². The van der Waals surface area contributed by atoms with Gasteiger partial charge >= 0.3 is 0 Å². The van der Waals surface area contributed by atoms with Gasteiger partial charge in [0.1, 0.15) is 11.8 Å². The summed E-state index contributed by atoms with van der Waals surface area (Å²) in [5.74, 6) is -1.11. The van der Waals surface area contributed by atoms with Gasteiger partial charge in [0, 0.05) is 30.8 Å². The predicted molar refractivity (Wildman–Crippen MR) is 136 cm³/mol. The fourth-order valence-electron chi connectivity index (χ4n) is 4.38. The lowest BCUT2D eigenvalue weighted by Crippen LogP contribution is -2.42. The molecular formula is C25H25N5O4S. The first-order valence-corrected chi connectivity index (χ1v) is 12.5. The molecule has 10 heteroatoms. The average Bonchev–Trinajstić information content (AvgIpc) is 3.24. The second-order valence-corrected chi connectivity index (χ2v) is 9.84. The maximum absolute atomic E-state index is 13.1. The minimum atomic E-state index is -0.516. The number of para-hydroxylation sites is 2. The number of aliphatic imine (C=N–C) groups is 1. The number of anilines is 3. The number of hydrogen-bond acceptors (Lipinski definition) is 6. The SMILES string of the molecule is O=C(CC1SC(N2CCCCC2)=NC1=O)Nc1ccc(C(=O)N2CC(=O)Nc3ccccc32)cc1. The molecule has 0 aliphatic carbocycles. The van der Waals surface area contributed by atoms with Crippen LogP contribution in [0.4, 0.5) is 17.1 Å². The van der Waals surface area contributed by atoms with Crippen LogP contribution in [0.2, 0.25) is 0 Å². The van der Waals surface area contributed by atoms with Crippen molar-refractivity contribution < 1.29 is 19.2 Å².